The van der Waals surface area contributed by atoms with Gasteiger partial charge in [-0.25, -0.2) is 0 Å². The van der Waals surface area contributed by atoms with E-state index in [2.05, 4.69) is 11.8 Å². The minimum Gasteiger partial charge on any atom is -0.396 e. The van der Waals surface area contributed by atoms with Crippen LogP contribution in [0.15, 0.2) is 0 Å². The van der Waals surface area contributed by atoms with Crippen LogP contribution in [0.2, 0.25) is 0 Å². The summed E-state index contributed by atoms with van der Waals surface area (Å²) in [6.45, 7) is 5.84. The Morgan fingerprint density at radius 3 is 3.08 bits per heavy atom. The molecule has 0 aromatic heterocycles. The molecule has 13 heavy (non-hydrogen) atoms. The number of rotatable bonds is 4. The Kier molecular flexibility index (Phi) is 4.66. The molecule has 1 aliphatic rings. The summed E-state index contributed by atoms with van der Waals surface area (Å²) in [7, 11) is 0. The molecule has 2 unspecified atom stereocenters. The van der Waals surface area contributed by atoms with Gasteiger partial charge in [0.2, 0.25) is 0 Å². The molecule has 1 aliphatic heterocycles. The zero-order chi connectivity index (χ0) is 9.68. The fraction of sp³-hybridized carbons (Fsp3) is 1.00. The summed E-state index contributed by atoms with van der Waals surface area (Å²) in [5, 5.41) is 8.69. The molecule has 0 aromatic rings. The third kappa shape index (κ3) is 4.04. The van der Waals surface area contributed by atoms with Crippen molar-refractivity contribution in [1.82, 2.24) is 4.90 Å². The largest absolute Gasteiger partial charge is 0.396 e. The van der Waals surface area contributed by atoms with Crippen molar-refractivity contribution in [2.75, 3.05) is 32.8 Å². The minimum atomic E-state index is 0.0929. The number of nitrogens with zero attached hydrogens (tertiary/aromatic N) is 1. The van der Waals surface area contributed by atoms with E-state index in [1.807, 2.05) is 0 Å². The van der Waals surface area contributed by atoms with Crippen LogP contribution in [0.1, 0.15) is 13.3 Å². The first kappa shape index (κ1) is 10.9. The van der Waals surface area contributed by atoms with Gasteiger partial charge in [-0.2, -0.15) is 0 Å². The third-order valence-corrected chi connectivity index (χ3v) is 2.32. The van der Waals surface area contributed by atoms with E-state index in [1.54, 1.807) is 0 Å². The van der Waals surface area contributed by atoms with Crippen LogP contribution in [0, 0.1) is 0 Å². The van der Waals surface area contributed by atoms with Gasteiger partial charge in [0.15, 0.2) is 0 Å². The average Bonchev–Trinajstić information content (AvgIpc) is 2.04. The molecule has 0 bridgehead atoms. The molecular formula is C9H20N2O2. The summed E-state index contributed by atoms with van der Waals surface area (Å²) < 4.78 is 5.42. The van der Waals surface area contributed by atoms with E-state index in [9.17, 15) is 0 Å². The minimum absolute atomic E-state index is 0.0929. The first-order valence-corrected chi connectivity index (χ1v) is 4.92. The highest BCUT2D eigenvalue weighted by Crippen LogP contribution is 2.05. The lowest BCUT2D eigenvalue weighted by molar-refractivity contribution is -0.0203. The molecule has 0 aliphatic carbocycles. The summed E-state index contributed by atoms with van der Waals surface area (Å²) in [5.41, 5.74) is 5.82. The number of ether oxygens (including phenoxy) is 1. The van der Waals surface area contributed by atoms with E-state index >= 15 is 0 Å². The van der Waals surface area contributed by atoms with E-state index < -0.39 is 0 Å². The second kappa shape index (κ2) is 5.54. The van der Waals surface area contributed by atoms with E-state index in [0.29, 0.717) is 12.5 Å². The number of aliphatic hydroxyl groups is 1. The highest BCUT2D eigenvalue weighted by Gasteiger charge is 2.18. The molecule has 0 radical (unpaired) electrons. The predicted molar refractivity (Wildman–Crippen MR) is 51.5 cm³/mol. The lowest BCUT2D eigenvalue weighted by Crippen LogP contribution is -2.46. The molecule has 78 valence electrons. The summed E-state index contributed by atoms with van der Waals surface area (Å²) >= 11 is 0. The smallest absolute Gasteiger partial charge is 0.0674 e. The topological polar surface area (TPSA) is 58.7 Å². The van der Waals surface area contributed by atoms with Crippen molar-refractivity contribution in [3.05, 3.63) is 0 Å². The fourth-order valence-electron chi connectivity index (χ4n) is 1.65. The molecule has 4 heteroatoms. The molecule has 3 N–H and O–H groups in total. The van der Waals surface area contributed by atoms with Crippen LogP contribution >= 0.6 is 0 Å². The van der Waals surface area contributed by atoms with Gasteiger partial charge in [0.1, 0.15) is 0 Å². The molecule has 1 rings (SSSR count). The molecule has 0 spiro atoms. The Morgan fingerprint density at radius 1 is 1.69 bits per heavy atom. The predicted octanol–water partition coefficient (Wildman–Crippen LogP) is -0.583. The fourth-order valence-corrected chi connectivity index (χ4v) is 1.65. The van der Waals surface area contributed by atoms with Crippen molar-refractivity contribution in [3.63, 3.8) is 0 Å². The van der Waals surface area contributed by atoms with E-state index in [4.69, 9.17) is 15.6 Å². The van der Waals surface area contributed by atoms with Crippen LogP contribution in [-0.2, 0) is 4.74 Å². The maximum atomic E-state index is 8.69. The van der Waals surface area contributed by atoms with Crippen LogP contribution in [-0.4, -0.2) is 55.0 Å². The second-order valence-corrected chi connectivity index (χ2v) is 3.71. The zero-order valence-corrected chi connectivity index (χ0v) is 8.28. The van der Waals surface area contributed by atoms with Crippen LogP contribution in [0.4, 0.5) is 0 Å². The van der Waals surface area contributed by atoms with Gasteiger partial charge in [0.05, 0.1) is 12.7 Å². The van der Waals surface area contributed by atoms with Crippen molar-refractivity contribution >= 4 is 0 Å². The highest BCUT2D eigenvalue weighted by molar-refractivity contribution is 4.73. The Labute approximate surface area is 79.7 Å². The summed E-state index contributed by atoms with van der Waals surface area (Å²) in [6.07, 6.45) is 1.00. The molecule has 0 amide bonds. The van der Waals surface area contributed by atoms with Crippen molar-refractivity contribution in [1.29, 1.82) is 0 Å². The first-order valence-electron chi connectivity index (χ1n) is 4.92. The quantitative estimate of drug-likeness (QED) is 0.619. The molecule has 1 saturated heterocycles. The SMILES string of the molecule is CC1CN(CC(N)CCO)CCO1. The van der Waals surface area contributed by atoms with E-state index in [-0.39, 0.29) is 12.6 Å². The standard InChI is InChI=1S/C9H20N2O2/c1-8-6-11(3-5-13-8)7-9(10)2-4-12/h8-9,12H,2-7,10H2,1H3. The number of morpholine rings is 1. The monoisotopic (exact) mass is 188 g/mol. The van der Waals surface area contributed by atoms with Gasteiger partial charge in [-0.3, -0.25) is 4.90 Å². The molecule has 0 aromatic carbocycles. The van der Waals surface area contributed by atoms with Crippen molar-refractivity contribution < 1.29 is 9.84 Å². The molecule has 1 heterocycles. The van der Waals surface area contributed by atoms with Gasteiger partial charge >= 0.3 is 0 Å². The Balaban J connectivity index is 2.19. The van der Waals surface area contributed by atoms with E-state index in [1.165, 1.54) is 0 Å². The summed E-state index contributed by atoms with van der Waals surface area (Å²) in [4.78, 5) is 2.30. The Morgan fingerprint density at radius 2 is 2.46 bits per heavy atom. The number of hydrogen-bond acceptors (Lipinski definition) is 4. The summed E-state index contributed by atoms with van der Waals surface area (Å²) in [6, 6.07) is 0.0929. The van der Waals surface area contributed by atoms with Gasteiger partial charge in [-0.15, -0.1) is 0 Å². The molecule has 2 atom stereocenters. The third-order valence-electron chi connectivity index (χ3n) is 2.32. The summed E-state index contributed by atoms with van der Waals surface area (Å²) in [5.74, 6) is 0. The average molecular weight is 188 g/mol. The van der Waals surface area contributed by atoms with Gasteiger partial charge in [0, 0.05) is 32.3 Å². The molecule has 0 saturated carbocycles. The van der Waals surface area contributed by atoms with Gasteiger partial charge in [-0.1, -0.05) is 0 Å². The zero-order valence-electron chi connectivity index (χ0n) is 8.28. The lowest BCUT2D eigenvalue weighted by Gasteiger charge is -2.32. The van der Waals surface area contributed by atoms with Gasteiger partial charge in [0.25, 0.3) is 0 Å². The maximum absolute atomic E-state index is 8.69. The molecule has 1 fully saturated rings. The number of nitrogens with two attached hydrogens (primary N) is 1. The highest BCUT2D eigenvalue weighted by atomic mass is 16.5. The van der Waals surface area contributed by atoms with Crippen LogP contribution < -0.4 is 5.73 Å². The Bertz CT molecular complexity index is 144. The lowest BCUT2D eigenvalue weighted by atomic mass is 10.2. The van der Waals surface area contributed by atoms with E-state index in [0.717, 1.165) is 26.2 Å². The van der Waals surface area contributed by atoms with Crippen molar-refractivity contribution in [3.8, 4) is 0 Å². The maximum Gasteiger partial charge on any atom is 0.0674 e. The molecular weight excluding hydrogens is 168 g/mol. The van der Waals surface area contributed by atoms with Crippen molar-refractivity contribution in [2.24, 2.45) is 5.73 Å². The van der Waals surface area contributed by atoms with Crippen LogP contribution in [0.25, 0.3) is 0 Å². The Hall–Kier alpha value is -0.160. The van der Waals surface area contributed by atoms with Crippen LogP contribution in [0.3, 0.4) is 0 Å². The van der Waals surface area contributed by atoms with Crippen molar-refractivity contribution in [2.45, 2.75) is 25.5 Å². The van der Waals surface area contributed by atoms with Gasteiger partial charge < -0.3 is 15.6 Å². The van der Waals surface area contributed by atoms with Gasteiger partial charge in [-0.05, 0) is 13.3 Å². The van der Waals surface area contributed by atoms with Crippen LogP contribution in [0.5, 0.6) is 0 Å². The number of hydrogen-bond donors (Lipinski definition) is 2. The normalized spacial score (nSPS) is 27.5. The molecule has 4 nitrogen and oxygen atoms in total. The second-order valence-electron chi connectivity index (χ2n) is 3.71. The first-order chi connectivity index (χ1) is 6.22. The number of aliphatic hydroxyl groups excluding tert-OH is 1.